The molecule has 1 aromatic carbocycles. The van der Waals surface area contributed by atoms with Gasteiger partial charge in [0.05, 0.1) is 0 Å². The topological polar surface area (TPSA) is 17.8 Å². The molecule has 72 valence electrons. The van der Waals surface area contributed by atoms with Gasteiger partial charge in [0, 0.05) is 24.5 Å². The summed E-state index contributed by atoms with van der Waals surface area (Å²) in [7, 11) is 0. The summed E-state index contributed by atoms with van der Waals surface area (Å²) < 4.78 is 2.19. The standard InChI is InChI=1S/C12H14N2/c1-2-9-14-10-8-13-12(14)11-6-4-3-5-7-11/h3-8,10H,2,9H2,1H3. The van der Waals surface area contributed by atoms with Crippen molar-refractivity contribution in [3.8, 4) is 11.4 Å². The van der Waals surface area contributed by atoms with Crippen molar-refractivity contribution in [2.45, 2.75) is 19.9 Å². The van der Waals surface area contributed by atoms with Crippen molar-refractivity contribution in [1.29, 1.82) is 0 Å². The number of aromatic nitrogens is 2. The lowest BCUT2D eigenvalue weighted by Crippen LogP contribution is -1.97. The first-order valence-electron chi connectivity index (χ1n) is 4.98. The second-order valence-corrected chi connectivity index (χ2v) is 3.31. The van der Waals surface area contributed by atoms with E-state index in [1.165, 1.54) is 5.56 Å². The molecule has 0 amide bonds. The molecular formula is C12H14N2. The Morgan fingerprint density at radius 3 is 2.71 bits per heavy atom. The Kier molecular flexibility index (Phi) is 2.63. The van der Waals surface area contributed by atoms with Crippen LogP contribution in [0, 0.1) is 0 Å². The molecule has 0 saturated carbocycles. The molecule has 2 heteroatoms. The number of aryl methyl sites for hydroxylation is 1. The van der Waals surface area contributed by atoms with E-state index in [0.717, 1.165) is 18.8 Å². The summed E-state index contributed by atoms with van der Waals surface area (Å²) >= 11 is 0. The van der Waals surface area contributed by atoms with Crippen LogP contribution < -0.4 is 0 Å². The van der Waals surface area contributed by atoms with Gasteiger partial charge >= 0.3 is 0 Å². The Balaban J connectivity index is 2.37. The first-order valence-corrected chi connectivity index (χ1v) is 4.98. The van der Waals surface area contributed by atoms with Crippen molar-refractivity contribution in [2.75, 3.05) is 0 Å². The van der Waals surface area contributed by atoms with Crippen LogP contribution in [0.2, 0.25) is 0 Å². The maximum absolute atomic E-state index is 4.37. The van der Waals surface area contributed by atoms with Gasteiger partial charge in [-0.25, -0.2) is 4.98 Å². The van der Waals surface area contributed by atoms with E-state index in [1.54, 1.807) is 0 Å². The number of rotatable bonds is 3. The quantitative estimate of drug-likeness (QED) is 0.720. The van der Waals surface area contributed by atoms with Gasteiger partial charge in [-0.15, -0.1) is 0 Å². The number of nitrogens with zero attached hydrogens (tertiary/aromatic N) is 2. The smallest absolute Gasteiger partial charge is 0.139 e. The number of imidazole rings is 1. The minimum atomic E-state index is 1.03. The van der Waals surface area contributed by atoms with Crippen LogP contribution in [0.25, 0.3) is 11.4 Å². The Morgan fingerprint density at radius 2 is 2.00 bits per heavy atom. The van der Waals surface area contributed by atoms with Crippen molar-refractivity contribution in [3.05, 3.63) is 42.7 Å². The SMILES string of the molecule is CCCn1ccnc1-c1ccccc1. The normalized spacial score (nSPS) is 10.4. The lowest BCUT2D eigenvalue weighted by Gasteiger charge is -2.05. The summed E-state index contributed by atoms with van der Waals surface area (Å²) in [5.74, 6) is 1.06. The molecule has 0 atom stereocenters. The maximum atomic E-state index is 4.37. The second-order valence-electron chi connectivity index (χ2n) is 3.31. The molecule has 0 N–H and O–H groups in total. The zero-order valence-corrected chi connectivity index (χ0v) is 8.35. The highest BCUT2D eigenvalue weighted by atomic mass is 15.1. The molecule has 0 aliphatic heterocycles. The van der Waals surface area contributed by atoms with Crippen LogP contribution in [0.1, 0.15) is 13.3 Å². The maximum Gasteiger partial charge on any atom is 0.139 e. The third-order valence-electron chi connectivity index (χ3n) is 2.21. The van der Waals surface area contributed by atoms with Crippen molar-refractivity contribution in [3.63, 3.8) is 0 Å². The Hall–Kier alpha value is -1.57. The van der Waals surface area contributed by atoms with E-state index < -0.39 is 0 Å². The molecule has 0 spiro atoms. The molecular weight excluding hydrogens is 172 g/mol. The highest BCUT2D eigenvalue weighted by Gasteiger charge is 2.03. The van der Waals surface area contributed by atoms with E-state index in [-0.39, 0.29) is 0 Å². The second kappa shape index (κ2) is 4.09. The highest BCUT2D eigenvalue weighted by molar-refractivity contribution is 5.54. The van der Waals surface area contributed by atoms with Crippen molar-refractivity contribution < 1.29 is 0 Å². The lowest BCUT2D eigenvalue weighted by atomic mass is 10.2. The first kappa shape index (κ1) is 9.00. The van der Waals surface area contributed by atoms with E-state index in [9.17, 15) is 0 Å². The fraction of sp³-hybridized carbons (Fsp3) is 0.250. The van der Waals surface area contributed by atoms with Crippen LogP contribution >= 0.6 is 0 Å². The van der Waals surface area contributed by atoms with Gasteiger partial charge in [-0.05, 0) is 6.42 Å². The van der Waals surface area contributed by atoms with Gasteiger partial charge in [0.15, 0.2) is 0 Å². The van der Waals surface area contributed by atoms with Gasteiger partial charge in [0.2, 0.25) is 0 Å². The molecule has 0 saturated heterocycles. The predicted octanol–water partition coefficient (Wildman–Crippen LogP) is 2.96. The van der Waals surface area contributed by atoms with Crippen LogP contribution in [0.4, 0.5) is 0 Å². The van der Waals surface area contributed by atoms with Gasteiger partial charge in [-0.3, -0.25) is 0 Å². The molecule has 1 aromatic heterocycles. The van der Waals surface area contributed by atoms with E-state index in [4.69, 9.17) is 0 Å². The highest BCUT2D eigenvalue weighted by Crippen LogP contribution is 2.16. The van der Waals surface area contributed by atoms with Gasteiger partial charge in [-0.1, -0.05) is 37.3 Å². The zero-order valence-electron chi connectivity index (χ0n) is 8.35. The minimum Gasteiger partial charge on any atom is -0.331 e. The number of benzene rings is 1. The van der Waals surface area contributed by atoms with Crippen molar-refractivity contribution in [2.24, 2.45) is 0 Å². The minimum absolute atomic E-state index is 1.03. The van der Waals surface area contributed by atoms with Crippen LogP contribution in [-0.4, -0.2) is 9.55 Å². The monoisotopic (exact) mass is 186 g/mol. The van der Waals surface area contributed by atoms with Gasteiger partial charge in [0.1, 0.15) is 5.82 Å². The lowest BCUT2D eigenvalue weighted by molar-refractivity contribution is 0.685. The molecule has 0 radical (unpaired) electrons. The molecule has 14 heavy (non-hydrogen) atoms. The number of hydrogen-bond acceptors (Lipinski definition) is 1. The molecule has 0 aliphatic carbocycles. The summed E-state index contributed by atoms with van der Waals surface area (Å²) in [4.78, 5) is 4.37. The summed E-state index contributed by atoms with van der Waals surface area (Å²) in [6.45, 7) is 3.21. The van der Waals surface area contributed by atoms with Gasteiger partial charge in [-0.2, -0.15) is 0 Å². The Bertz CT molecular complexity index is 390. The summed E-state index contributed by atoms with van der Waals surface area (Å²) in [5.41, 5.74) is 1.19. The zero-order chi connectivity index (χ0) is 9.80. The molecule has 2 nitrogen and oxygen atoms in total. The predicted molar refractivity (Wildman–Crippen MR) is 58.0 cm³/mol. The molecule has 1 heterocycles. The van der Waals surface area contributed by atoms with Gasteiger partial charge < -0.3 is 4.57 Å². The van der Waals surface area contributed by atoms with Crippen LogP contribution in [0.3, 0.4) is 0 Å². The fourth-order valence-electron chi connectivity index (χ4n) is 1.58. The Morgan fingerprint density at radius 1 is 1.21 bits per heavy atom. The molecule has 0 bridgehead atoms. The largest absolute Gasteiger partial charge is 0.331 e. The number of hydrogen-bond donors (Lipinski definition) is 0. The summed E-state index contributed by atoms with van der Waals surface area (Å²) in [5, 5.41) is 0. The van der Waals surface area contributed by atoms with Crippen molar-refractivity contribution >= 4 is 0 Å². The average Bonchev–Trinajstić information content (AvgIpc) is 2.68. The van der Waals surface area contributed by atoms with Crippen LogP contribution in [0.5, 0.6) is 0 Å². The van der Waals surface area contributed by atoms with E-state index in [0.29, 0.717) is 0 Å². The van der Waals surface area contributed by atoms with E-state index in [1.807, 2.05) is 30.6 Å². The third-order valence-corrected chi connectivity index (χ3v) is 2.21. The third kappa shape index (κ3) is 1.69. The molecule has 0 aliphatic rings. The van der Waals surface area contributed by atoms with E-state index >= 15 is 0 Å². The van der Waals surface area contributed by atoms with Crippen LogP contribution in [0.15, 0.2) is 42.7 Å². The molecule has 0 fully saturated rings. The molecule has 2 aromatic rings. The first-order chi connectivity index (χ1) is 6.92. The molecule has 2 rings (SSSR count). The van der Waals surface area contributed by atoms with Gasteiger partial charge in [0.25, 0.3) is 0 Å². The van der Waals surface area contributed by atoms with E-state index in [2.05, 4.69) is 28.6 Å². The van der Waals surface area contributed by atoms with Crippen molar-refractivity contribution in [1.82, 2.24) is 9.55 Å². The fourth-order valence-corrected chi connectivity index (χ4v) is 1.58. The summed E-state index contributed by atoms with van der Waals surface area (Å²) in [6, 6.07) is 10.3. The summed E-state index contributed by atoms with van der Waals surface area (Å²) in [6.07, 6.45) is 5.03. The Labute approximate surface area is 84.2 Å². The van der Waals surface area contributed by atoms with Crippen LogP contribution in [-0.2, 0) is 6.54 Å². The average molecular weight is 186 g/mol. The molecule has 0 unspecified atom stereocenters.